The van der Waals surface area contributed by atoms with Gasteiger partial charge < -0.3 is 14.8 Å². The van der Waals surface area contributed by atoms with Crippen molar-refractivity contribution in [1.29, 1.82) is 0 Å². The quantitative estimate of drug-likeness (QED) is 0.660. The Hall–Kier alpha value is -0.160. The number of nitrogens with zero attached hydrogens (tertiary/aromatic N) is 1. The Balaban J connectivity index is 1.62. The highest BCUT2D eigenvalue weighted by Gasteiger charge is 2.26. The average Bonchev–Trinajstić information content (AvgIpc) is 3.17. The van der Waals surface area contributed by atoms with Gasteiger partial charge in [-0.25, -0.2) is 0 Å². The van der Waals surface area contributed by atoms with Crippen LogP contribution in [0.3, 0.4) is 0 Å². The van der Waals surface area contributed by atoms with Crippen molar-refractivity contribution in [2.75, 3.05) is 46.1 Å². The molecule has 1 aliphatic carbocycles. The van der Waals surface area contributed by atoms with Gasteiger partial charge in [0.15, 0.2) is 0 Å². The fraction of sp³-hybridized carbons (Fsp3) is 1.00. The van der Waals surface area contributed by atoms with Crippen molar-refractivity contribution >= 4 is 0 Å². The summed E-state index contributed by atoms with van der Waals surface area (Å²) >= 11 is 0. The maximum atomic E-state index is 5.68. The summed E-state index contributed by atoms with van der Waals surface area (Å²) in [6.07, 6.45) is 2.70. The molecule has 0 amide bonds. The second-order valence-electron chi connectivity index (χ2n) is 5.92. The molecule has 2 aliphatic rings. The predicted octanol–water partition coefficient (Wildman–Crippen LogP) is 1.11. The van der Waals surface area contributed by atoms with E-state index < -0.39 is 0 Å². The van der Waals surface area contributed by atoms with Gasteiger partial charge in [-0.3, -0.25) is 4.90 Å². The first-order chi connectivity index (χ1) is 8.75. The van der Waals surface area contributed by atoms with E-state index in [2.05, 4.69) is 24.1 Å². The second-order valence-corrected chi connectivity index (χ2v) is 5.92. The summed E-state index contributed by atoms with van der Waals surface area (Å²) < 4.78 is 11.3. The maximum absolute atomic E-state index is 5.68. The van der Waals surface area contributed by atoms with Gasteiger partial charge in [-0.1, -0.05) is 13.8 Å². The van der Waals surface area contributed by atoms with Crippen molar-refractivity contribution in [3.8, 4) is 0 Å². The first-order valence-corrected chi connectivity index (χ1v) is 7.38. The molecular weight excluding hydrogens is 228 g/mol. The first-order valence-electron chi connectivity index (χ1n) is 7.38. The van der Waals surface area contributed by atoms with Crippen molar-refractivity contribution in [3.05, 3.63) is 0 Å². The van der Waals surface area contributed by atoms with Crippen LogP contribution in [0.2, 0.25) is 0 Å². The first kappa shape index (κ1) is 14.3. The lowest BCUT2D eigenvalue weighted by Gasteiger charge is -2.35. The van der Waals surface area contributed by atoms with Gasteiger partial charge in [-0.2, -0.15) is 0 Å². The van der Waals surface area contributed by atoms with E-state index in [4.69, 9.17) is 9.47 Å². The Morgan fingerprint density at radius 2 is 2.22 bits per heavy atom. The van der Waals surface area contributed by atoms with Crippen LogP contribution in [0.15, 0.2) is 0 Å². The van der Waals surface area contributed by atoms with E-state index in [1.54, 1.807) is 0 Å². The summed E-state index contributed by atoms with van der Waals surface area (Å²) in [5.41, 5.74) is 0. The van der Waals surface area contributed by atoms with E-state index >= 15 is 0 Å². The highest BCUT2D eigenvalue weighted by atomic mass is 16.5. The van der Waals surface area contributed by atoms with Crippen LogP contribution < -0.4 is 5.32 Å². The molecule has 2 rings (SSSR count). The molecule has 1 saturated heterocycles. The summed E-state index contributed by atoms with van der Waals surface area (Å²) in [5, 5.41) is 3.60. The normalized spacial score (nSPS) is 25.8. The van der Waals surface area contributed by atoms with Crippen molar-refractivity contribution < 1.29 is 9.47 Å². The molecule has 2 fully saturated rings. The van der Waals surface area contributed by atoms with E-state index in [9.17, 15) is 0 Å². The highest BCUT2D eigenvalue weighted by molar-refractivity contribution is 4.85. The van der Waals surface area contributed by atoms with Gasteiger partial charge in [-0.05, 0) is 18.8 Å². The number of nitrogens with one attached hydrogen (secondary N) is 1. The summed E-state index contributed by atoms with van der Waals surface area (Å²) in [4.78, 5) is 2.51. The van der Waals surface area contributed by atoms with Crippen molar-refractivity contribution in [2.45, 2.75) is 38.8 Å². The number of ether oxygens (including phenoxy) is 2. The van der Waals surface area contributed by atoms with Gasteiger partial charge in [0.25, 0.3) is 0 Å². The molecular formula is C14H28N2O2. The van der Waals surface area contributed by atoms with Gasteiger partial charge in [0, 0.05) is 38.3 Å². The zero-order valence-electron chi connectivity index (χ0n) is 11.9. The summed E-state index contributed by atoms with van der Waals surface area (Å²) in [6, 6.07) is 1.31. The van der Waals surface area contributed by atoms with Gasteiger partial charge in [-0.15, -0.1) is 0 Å². The molecule has 0 aromatic carbocycles. The Kier molecular flexibility index (Phi) is 5.89. The maximum Gasteiger partial charge on any atom is 0.0634 e. The third-order valence-electron chi connectivity index (χ3n) is 3.54. The van der Waals surface area contributed by atoms with Crippen molar-refractivity contribution in [1.82, 2.24) is 10.2 Å². The van der Waals surface area contributed by atoms with Crippen LogP contribution in [-0.4, -0.2) is 63.0 Å². The van der Waals surface area contributed by atoms with Gasteiger partial charge in [0.2, 0.25) is 0 Å². The molecule has 0 bridgehead atoms. The number of morpholine rings is 1. The predicted molar refractivity (Wildman–Crippen MR) is 72.9 cm³/mol. The lowest BCUT2D eigenvalue weighted by atomic mass is 10.2. The molecule has 4 heteroatoms. The highest BCUT2D eigenvalue weighted by Crippen LogP contribution is 2.19. The zero-order chi connectivity index (χ0) is 12.8. The number of rotatable bonds is 8. The van der Waals surface area contributed by atoms with Gasteiger partial charge in [0.05, 0.1) is 19.8 Å². The number of hydrogen-bond donors (Lipinski definition) is 1. The van der Waals surface area contributed by atoms with Crippen LogP contribution in [0, 0.1) is 5.92 Å². The van der Waals surface area contributed by atoms with E-state index in [-0.39, 0.29) is 0 Å². The fourth-order valence-corrected chi connectivity index (χ4v) is 2.26. The molecule has 4 nitrogen and oxygen atoms in total. The minimum absolute atomic E-state index is 0.530. The van der Waals surface area contributed by atoms with Crippen LogP contribution in [0.4, 0.5) is 0 Å². The molecule has 1 atom stereocenters. The van der Waals surface area contributed by atoms with Crippen LogP contribution in [0.1, 0.15) is 26.7 Å². The van der Waals surface area contributed by atoms with Gasteiger partial charge in [0.1, 0.15) is 0 Å². The molecule has 1 heterocycles. The topological polar surface area (TPSA) is 33.7 Å². The Labute approximate surface area is 111 Å². The summed E-state index contributed by atoms with van der Waals surface area (Å²) in [6.45, 7) is 11.0. The van der Waals surface area contributed by atoms with Gasteiger partial charge >= 0.3 is 0 Å². The molecule has 106 valence electrons. The van der Waals surface area contributed by atoms with E-state index in [0.717, 1.165) is 52.1 Å². The Morgan fingerprint density at radius 1 is 1.39 bits per heavy atom. The number of hydrogen-bond acceptors (Lipinski definition) is 4. The second kappa shape index (κ2) is 7.43. The standard InChI is InChI=1S/C14H28N2O2/c1-12(2)10-17-7-5-16-6-8-18-11-14(16)9-15-13-3-4-13/h12-15H,3-11H2,1-2H3. The summed E-state index contributed by atoms with van der Waals surface area (Å²) in [5.74, 6) is 0.627. The zero-order valence-corrected chi connectivity index (χ0v) is 11.9. The lowest BCUT2D eigenvalue weighted by molar-refractivity contribution is -0.0213. The molecule has 1 saturated carbocycles. The van der Waals surface area contributed by atoms with Crippen molar-refractivity contribution in [3.63, 3.8) is 0 Å². The van der Waals surface area contributed by atoms with E-state index in [1.165, 1.54) is 12.8 Å². The average molecular weight is 256 g/mol. The van der Waals surface area contributed by atoms with Crippen LogP contribution >= 0.6 is 0 Å². The minimum atomic E-state index is 0.530. The van der Waals surface area contributed by atoms with Crippen LogP contribution in [0.5, 0.6) is 0 Å². The third-order valence-corrected chi connectivity index (χ3v) is 3.54. The minimum Gasteiger partial charge on any atom is -0.380 e. The molecule has 0 spiro atoms. The third kappa shape index (κ3) is 5.22. The largest absolute Gasteiger partial charge is 0.380 e. The molecule has 1 N–H and O–H groups in total. The Bertz CT molecular complexity index is 232. The van der Waals surface area contributed by atoms with Crippen molar-refractivity contribution in [2.24, 2.45) is 5.92 Å². The Morgan fingerprint density at radius 3 is 2.94 bits per heavy atom. The van der Waals surface area contributed by atoms with Crippen LogP contribution in [0.25, 0.3) is 0 Å². The molecule has 18 heavy (non-hydrogen) atoms. The smallest absolute Gasteiger partial charge is 0.0634 e. The van der Waals surface area contributed by atoms with E-state index in [0.29, 0.717) is 12.0 Å². The summed E-state index contributed by atoms with van der Waals surface area (Å²) in [7, 11) is 0. The molecule has 0 radical (unpaired) electrons. The monoisotopic (exact) mass is 256 g/mol. The van der Waals surface area contributed by atoms with E-state index in [1.807, 2.05) is 0 Å². The molecule has 1 unspecified atom stereocenters. The molecule has 0 aromatic rings. The SMILES string of the molecule is CC(C)COCCN1CCOCC1CNC1CC1. The lowest BCUT2D eigenvalue weighted by Crippen LogP contribution is -2.51. The molecule has 0 aromatic heterocycles. The van der Waals surface area contributed by atoms with Crippen LogP contribution in [-0.2, 0) is 9.47 Å². The fourth-order valence-electron chi connectivity index (χ4n) is 2.26. The molecule has 1 aliphatic heterocycles.